The number of hydrogen-bond acceptors (Lipinski definition) is 5. The van der Waals surface area contributed by atoms with Gasteiger partial charge >= 0.3 is 5.97 Å². The molecular weight excluding hydrogens is 392 g/mol. The average Bonchev–Trinajstić information content (AvgIpc) is 3.14. The van der Waals surface area contributed by atoms with Gasteiger partial charge in [-0.1, -0.05) is 18.2 Å². The van der Waals surface area contributed by atoms with E-state index < -0.39 is 16.0 Å². The number of esters is 1. The molecule has 0 atom stereocenters. The molecule has 0 saturated heterocycles. The maximum absolute atomic E-state index is 12.5. The van der Waals surface area contributed by atoms with Crippen LogP contribution in [0.2, 0.25) is 0 Å². The number of benzene rings is 2. The number of nitrogens with zero attached hydrogens (tertiary/aromatic N) is 1. The maximum Gasteiger partial charge on any atom is 0.340 e. The molecule has 1 aliphatic heterocycles. The lowest BCUT2D eigenvalue weighted by molar-refractivity contribution is 0.0476. The average molecular weight is 412 g/mol. The molecule has 0 unspecified atom stereocenters. The summed E-state index contributed by atoms with van der Waals surface area (Å²) in [7, 11) is -3.36. The van der Waals surface area contributed by atoms with E-state index in [0.717, 1.165) is 16.5 Å². The van der Waals surface area contributed by atoms with Crippen LogP contribution in [0.25, 0.3) is 10.9 Å². The number of fused-ring (bicyclic) bond motifs is 2. The lowest BCUT2D eigenvalue weighted by Crippen LogP contribution is -2.34. The van der Waals surface area contributed by atoms with E-state index >= 15 is 0 Å². The van der Waals surface area contributed by atoms with E-state index in [1.165, 1.54) is 10.6 Å². The Labute approximate surface area is 168 Å². The summed E-state index contributed by atoms with van der Waals surface area (Å²) >= 11 is 0. The van der Waals surface area contributed by atoms with E-state index in [0.29, 0.717) is 36.2 Å². The lowest BCUT2D eigenvalue weighted by Gasteiger charge is -2.29. The monoisotopic (exact) mass is 412 g/mol. The number of carbonyl (C=O) groups excluding carboxylic acids is 2. The molecule has 7 nitrogen and oxygen atoms in total. The molecule has 0 aliphatic carbocycles. The summed E-state index contributed by atoms with van der Waals surface area (Å²) in [6.45, 7) is 0.0499. The predicted octanol–water partition coefficient (Wildman–Crippen LogP) is 2.92. The Morgan fingerprint density at radius 3 is 2.76 bits per heavy atom. The van der Waals surface area contributed by atoms with Crippen molar-refractivity contribution in [2.45, 2.75) is 12.8 Å². The van der Waals surface area contributed by atoms with Gasteiger partial charge in [-0.2, -0.15) is 0 Å². The summed E-state index contributed by atoms with van der Waals surface area (Å²) in [6, 6.07) is 12.2. The minimum Gasteiger partial charge on any atom is -0.454 e. The van der Waals surface area contributed by atoms with Gasteiger partial charge < -0.3 is 9.72 Å². The Balaban J connectivity index is 1.48. The molecule has 4 rings (SSSR count). The molecular formula is C21H20N2O5S. The number of aryl methyl sites for hydroxylation is 1. The Morgan fingerprint density at radius 1 is 1.17 bits per heavy atom. The summed E-state index contributed by atoms with van der Waals surface area (Å²) in [5.74, 6) is -0.908. The number of nitrogens with one attached hydrogen (secondary N) is 1. The van der Waals surface area contributed by atoms with Crippen molar-refractivity contribution in [2.75, 3.05) is 23.7 Å². The minimum absolute atomic E-state index is 0.336. The number of rotatable bonds is 5. The number of hydrogen-bond donors (Lipinski definition) is 1. The van der Waals surface area contributed by atoms with Crippen LogP contribution in [0, 0.1) is 0 Å². The molecule has 2 heterocycles. The molecule has 8 heteroatoms. The van der Waals surface area contributed by atoms with Gasteiger partial charge in [-0.15, -0.1) is 0 Å². The largest absolute Gasteiger partial charge is 0.454 e. The molecule has 0 amide bonds. The van der Waals surface area contributed by atoms with Crippen LogP contribution in [-0.4, -0.2) is 44.6 Å². The third kappa shape index (κ3) is 3.75. The van der Waals surface area contributed by atoms with Crippen LogP contribution in [0.15, 0.2) is 48.7 Å². The molecule has 1 aliphatic rings. The minimum atomic E-state index is -3.36. The molecule has 0 spiro atoms. The Kier molecular flexibility index (Phi) is 4.87. The standard InChI is InChI=1S/C21H20N2O5S/c1-29(26,27)23-10-4-5-14-11-15(8-9-19(14)23)20(24)13-28-21(25)17-12-22-18-7-3-2-6-16(17)18/h2-3,6-9,11-12,22H,4-5,10,13H2,1H3. The zero-order valence-corrected chi connectivity index (χ0v) is 16.7. The zero-order chi connectivity index (χ0) is 20.6. The third-order valence-corrected chi connectivity index (χ3v) is 6.20. The van der Waals surface area contributed by atoms with E-state index in [1.54, 1.807) is 30.5 Å². The quantitative estimate of drug-likeness (QED) is 0.513. The van der Waals surface area contributed by atoms with Crippen LogP contribution in [0.4, 0.5) is 5.69 Å². The SMILES string of the molecule is CS(=O)(=O)N1CCCc2cc(C(=O)COC(=O)c3c[nH]c4ccccc34)ccc21. The van der Waals surface area contributed by atoms with Gasteiger partial charge in [0.25, 0.3) is 0 Å². The number of aromatic nitrogens is 1. The normalized spacial score (nSPS) is 13.9. The molecule has 0 bridgehead atoms. The van der Waals surface area contributed by atoms with E-state index in [1.807, 2.05) is 18.2 Å². The first-order valence-corrected chi connectivity index (χ1v) is 11.1. The van der Waals surface area contributed by atoms with Gasteiger partial charge in [-0.05, 0) is 42.7 Å². The molecule has 150 valence electrons. The van der Waals surface area contributed by atoms with Crippen molar-refractivity contribution >= 4 is 38.4 Å². The molecule has 2 aromatic carbocycles. The van der Waals surface area contributed by atoms with Crippen molar-refractivity contribution in [2.24, 2.45) is 0 Å². The number of carbonyl (C=O) groups is 2. The summed E-state index contributed by atoms with van der Waals surface area (Å²) in [5, 5.41) is 0.736. The number of H-pyrrole nitrogens is 1. The molecule has 0 saturated carbocycles. The summed E-state index contributed by atoms with van der Waals surface area (Å²) in [5.41, 5.74) is 2.99. The van der Waals surface area contributed by atoms with E-state index in [2.05, 4.69) is 4.98 Å². The maximum atomic E-state index is 12.5. The molecule has 1 aromatic heterocycles. The summed E-state index contributed by atoms with van der Waals surface area (Å²) < 4.78 is 30.5. The molecule has 0 radical (unpaired) electrons. The van der Waals surface area contributed by atoms with Crippen LogP contribution >= 0.6 is 0 Å². The van der Waals surface area contributed by atoms with Crippen molar-refractivity contribution in [1.82, 2.24) is 4.98 Å². The molecule has 0 fully saturated rings. The van der Waals surface area contributed by atoms with Gasteiger partial charge in [-0.25, -0.2) is 13.2 Å². The van der Waals surface area contributed by atoms with Crippen LogP contribution in [0.3, 0.4) is 0 Å². The highest BCUT2D eigenvalue weighted by atomic mass is 32.2. The Morgan fingerprint density at radius 2 is 1.97 bits per heavy atom. The van der Waals surface area contributed by atoms with Crippen molar-refractivity contribution in [3.05, 3.63) is 65.4 Å². The number of para-hydroxylation sites is 1. The molecule has 3 aromatic rings. The van der Waals surface area contributed by atoms with E-state index in [4.69, 9.17) is 4.74 Å². The smallest absolute Gasteiger partial charge is 0.340 e. The van der Waals surface area contributed by atoms with Gasteiger partial charge in [0, 0.05) is 29.2 Å². The van der Waals surface area contributed by atoms with Crippen molar-refractivity contribution in [3.8, 4) is 0 Å². The molecule has 1 N–H and O–H groups in total. The Bertz CT molecular complexity index is 1210. The van der Waals surface area contributed by atoms with E-state index in [9.17, 15) is 18.0 Å². The Hall–Kier alpha value is -3.13. The van der Waals surface area contributed by atoms with Crippen LogP contribution in [0.1, 0.15) is 32.7 Å². The highest BCUT2D eigenvalue weighted by molar-refractivity contribution is 7.92. The van der Waals surface area contributed by atoms with Crippen molar-refractivity contribution < 1.29 is 22.7 Å². The van der Waals surface area contributed by atoms with Crippen molar-refractivity contribution in [3.63, 3.8) is 0 Å². The first-order chi connectivity index (χ1) is 13.8. The first kappa shape index (κ1) is 19.2. The second-order valence-corrected chi connectivity index (χ2v) is 8.94. The van der Waals surface area contributed by atoms with E-state index in [-0.39, 0.29) is 12.4 Å². The second-order valence-electron chi connectivity index (χ2n) is 7.03. The fourth-order valence-electron chi connectivity index (χ4n) is 3.61. The summed E-state index contributed by atoms with van der Waals surface area (Å²) in [4.78, 5) is 27.9. The number of ether oxygens (including phenoxy) is 1. The fraction of sp³-hybridized carbons (Fsp3) is 0.238. The number of ketones is 1. The topological polar surface area (TPSA) is 96.5 Å². The number of sulfonamides is 1. The highest BCUT2D eigenvalue weighted by Crippen LogP contribution is 2.30. The van der Waals surface area contributed by atoms with Crippen LogP contribution in [0.5, 0.6) is 0 Å². The van der Waals surface area contributed by atoms with Gasteiger partial charge in [-0.3, -0.25) is 9.10 Å². The number of Topliss-reactive ketones (excluding diaryl/α,β-unsaturated/α-hetero) is 1. The third-order valence-electron chi connectivity index (χ3n) is 5.02. The number of anilines is 1. The summed E-state index contributed by atoms with van der Waals surface area (Å²) in [6.07, 6.45) is 4.12. The highest BCUT2D eigenvalue weighted by Gasteiger charge is 2.25. The van der Waals surface area contributed by atoms with Gasteiger partial charge in [0.2, 0.25) is 10.0 Å². The van der Waals surface area contributed by atoms with Crippen LogP contribution in [-0.2, 0) is 21.2 Å². The van der Waals surface area contributed by atoms with Crippen molar-refractivity contribution in [1.29, 1.82) is 0 Å². The zero-order valence-electron chi connectivity index (χ0n) is 15.8. The molecule has 29 heavy (non-hydrogen) atoms. The van der Waals surface area contributed by atoms with Crippen LogP contribution < -0.4 is 4.31 Å². The fourth-order valence-corrected chi connectivity index (χ4v) is 4.61. The predicted molar refractivity (Wildman–Crippen MR) is 110 cm³/mol. The van der Waals surface area contributed by atoms with Gasteiger partial charge in [0.15, 0.2) is 12.4 Å². The lowest BCUT2D eigenvalue weighted by atomic mass is 9.99. The number of aromatic amines is 1. The van der Waals surface area contributed by atoms with Gasteiger partial charge in [0.05, 0.1) is 17.5 Å². The first-order valence-electron chi connectivity index (χ1n) is 9.21. The second kappa shape index (κ2) is 7.36. The van der Waals surface area contributed by atoms with Gasteiger partial charge in [0.1, 0.15) is 0 Å².